The second-order valence-corrected chi connectivity index (χ2v) is 10.6. The lowest BCUT2D eigenvalue weighted by Crippen LogP contribution is -2.40. The monoisotopic (exact) mass is 642 g/mol. The predicted octanol–water partition coefficient (Wildman–Crippen LogP) is 4.22. The minimum atomic E-state index is -0.764. The summed E-state index contributed by atoms with van der Waals surface area (Å²) in [4.78, 5) is 53.7. The van der Waals surface area contributed by atoms with Gasteiger partial charge in [0.15, 0.2) is 0 Å². The summed E-state index contributed by atoms with van der Waals surface area (Å²) in [5.74, 6) is -0.0944. The van der Waals surface area contributed by atoms with E-state index in [-0.39, 0.29) is 35.6 Å². The summed E-state index contributed by atoms with van der Waals surface area (Å²) < 4.78 is 14.7. The molecular weight excluding hydrogens is 604 g/mol. The van der Waals surface area contributed by atoms with Gasteiger partial charge in [0.05, 0.1) is 25.6 Å². The van der Waals surface area contributed by atoms with E-state index in [0.29, 0.717) is 24.3 Å². The number of nitrogens with zero attached hydrogens (tertiary/aromatic N) is 4. The van der Waals surface area contributed by atoms with Gasteiger partial charge in [-0.3, -0.25) is 18.7 Å². The van der Waals surface area contributed by atoms with Gasteiger partial charge in [-0.05, 0) is 55.3 Å². The number of rotatable bonds is 13. The minimum Gasteiger partial charge on any atom is -0.497 e. The lowest BCUT2D eigenvalue weighted by molar-refractivity contribution is 0.389. The average molecular weight is 643 g/mol. The molecule has 0 spiro atoms. The van der Waals surface area contributed by atoms with Crippen LogP contribution >= 0.6 is 0 Å². The van der Waals surface area contributed by atoms with Gasteiger partial charge in [-0.2, -0.15) is 0 Å². The molecule has 0 amide bonds. The Balaban J connectivity index is 1.83. The molecular formula is C35H38N4O8. The van der Waals surface area contributed by atoms with Gasteiger partial charge >= 0.3 is 11.4 Å². The highest BCUT2D eigenvalue weighted by Crippen LogP contribution is 2.20. The average Bonchev–Trinajstić information content (AvgIpc) is 3.07. The molecule has 2 N–H and O–H groups in total. The van der Waals surface area contributed by atoms with Crippen molar-refractivity contribution >= 4 is 12.2 Å². The third kappa shape index (κ3) is 7.23. The molecule has 2 aromatic heterocycles. The number of allylic oxidation sites excluding steroid dienone is 2. The van der Waals surface area contributed by atoms with Crippen molar-refractivity contribution in [1.82, 2.24) is 18.3 Å². The lowest BCUT2D eigenvalue weighted by atomic mass is 10.2. The van der Waals surface area contributed by atoms with E-state index in [4.69, 9.17) is 9.47 Å². The molecule has 0 saturated heterocycles. The van der Waals surface area contributed by atoms with E-state index in [1.165, 1.54) is 38.5 Å². The summed E-state index contributed by atoms with van der Waals surface area (Å²) in [6, 6.07) is 12.9. The minimum absolute atomic E-state index is 0.141. The summed E-state index contributed by atoms with van der Waals surface area (Å²) in [5.41, 5.74) is 0.117. The van der Waals surface area contributed by atoms with Crippen LogP contribution in [0.2, 0.25) is 0 Å². The molecule has 0 aliphatic heterocycles. The summed E-state index contributed by atoms with van der Waals surface area (Å²) >= 11 is 0. The van der Waals surface area contributed by atoms with Crippen molar-refractivity contribution in [3.63, 3.8) is 0 Å². The van der Waals surface area contributed by atoms with Gasteiger partial charge in [-0.15, -0.1) is 5.73 Å². The van der Waals surface area contributed by atoms with E-state index in [1.54, 1.807) is 48.5 Å². The van der Waals surface area contributed by atoms with Crippen molar-refractivity contribution < 1.29 is 19.7 Å². The Kier molecular flexibility index (Phi) is 11.3. The Morgan fingerprint density at radius 2 is 1.19 bits per heavy atom. The molecule has 0 fully saturated rings. The normalized spacial score (nSPS) is 11.0. The van der Waals surface area contributed by atoms with Crippen molar-refractivity contribution in [3.8, 4) is 34.6 Å². The molecule has 4 aromatic rings. The van der Waals surface area contributed by atoms with Gasteiger partial charge < -0.3 is 19.7 Å². The topological polar surface area (TPSA) is 147 Å². The zero-order chi connectivity index (χ0) is 34.1. The fourth-order valence-electron chi connectivity index (χ4n) is 4.91. The fourth-order valence-corrected chi connectivity index (χ4v) is 4.91. The van der Waals surface area contributed by atoms with E-state index < -0.39 is 34.3 Å². The van der Waals surface area contributed by atoms with Crippen LogP contribution in [0.15, 0.2) is 85.6 Å². The summed E-state index contributed by atoms with van der Waals surface area (Å²) in [6.45, 7) is 4.25. The quantitative estimate of drug-likeness (QED) is 0.163. The third-order valence-electron chi connectivity index (χ3n) is 7.48. The van der Waals surface area contributed by atoms with Gasteiger partial charge in [0.25, 0.3) is 11.1 Å². The fraction of sp³-hybridized carbons (Fsp3) is 0.286. The number of benzene rings is 2. The highest BCUT2D eigenvalue weighted by molar-refractivity contribution is 5.58. The molecule has 0 aliphatic rings. The molecule has 2 heterocycles. The highest BCUT2D eigenvalue weighted by atomic mass is 16.5. The number of methoxy groups -OCH3 is 2. The van der Waals surface area contributed by atoms with Gasteiger partial charge in [0.1, 0.15) is 22.6 Å². The second-order valence-electron chi connectivity index (χ2n) is 10.6. The van der Waals surface area contributed by atoms with E-state index >= 15 is 0 Å². The first-order valence-corrected chi connectivity index (χ1v) is 15.2. The Morgan fingerprint density at radius 3 is 1.66 bits per heavy atom. The first kappa shape index (κ1) is 34.1. The predicted molar refractivity (Wildman–Crippen MR) is 180 cm³/mol. The largest absolute Gasteiger partial charge is 0.497 e. The Labute approximate surface area is 270 Å². The van der Waals surface area contributed by atoms with Crippen LogP contribution in [0.1, 0.15) is 50.7 Å². The number of aromatic nitrogens is 4. The zero-order valence-electron chi connectivity index (χ0n) is 26.8. The van der Waals surface area contributed by atoms with E-state index in [2.05, 4.69) is 5.73 Å². The maximum Gasteiger partial charge on any atom is 0.338 e. The van der Waals surface area contributed by atoms with Crippen molar-refractivity contribution in [2.24, 2.45) is 0 Å². The van der Waals surface area contributed by atoms with Crippen LogP contribution in [0.5, 0.6) is 23.3 Å². The zero-order valence-corrected chi connectivity index (χ0v) is 26.8. The molecule has 4 rings (SSSR count). The van der Waals surface area contributed by atoms with Crippen LogP contribution in [0.3, 0.4) is 0 Å². The first-order chi connectivity index (χ1) is 22.7. The smallest absolute Gasteiger partial charge is 0.338 e. The van der Waals surface area contributed by atoms with Crippen molar-refractivity contribution in [2.75, 3.05) is 14.2 Å². The van der Waals surface area contributed by atoms with Crippen LogP contribution in [0, 0.1) is 0 Å². The van der Waals surface area contributed by atoms with E-state index in [1.807, 2.05) is 13.8 Å². The van der Waals surface area contributed by atoms with Crippen molar-refractivity contribution in [2.45, 2.75) is 52.6 Å². The molecule has 0 aliphatic carbocycles. The lowest BCUT2D eigenvalue weighted by Gasteiger charge is -2.14. The molecule has 0 atom stereocenters. The van der Waals surface area contributed by atoms with Crippen LogP contribution in [0.4, 0.5) is 0 Å². The number of hydrogen-bond acceptors (Lipinski definition) is 8. The van der Waals surface area contributed by atoms with Crippen molar-refractivity contribution in [3.05, 3.63) is 119 Å². The Bertz CT molecular complexity index is 2090. The highest BCUT2D eigenvalue weighted by Gasteiger charge is 2.20. The standard InChI is InChI=1S/C35H38N4O8/c1-5-7-20-36-30(40)28(32(42)38(34(36)44)24-14-12-16-26(22-24)46-3)18-10-9-11-19-29-31(41)37(21-8-6-2)35(45)39(33(29)43)25-15-13-17-27(23-25)47-4/h9-10,12-19,22-23,40-41H,5-8,20-21H2,1-4H3. The Hall–Kier alpha value is -5.74. The maximum atomic E-state index is 13.5. The van der Waals surface area contributed by atoms with Gasteiger partial charge in [0, 0.05) is 25.2 Å². The molecule has 0 unspecified atom stereocenters. The summed E-state index contributed by atoms with van der Waals surface area (Å²) in [7, 11) is 2.94. The van der Waals surface area contributed by atoms with Gasteiger partial charge in [-0.25, -0.2) is 18.7 Å². The number of aromatic hydroxyl groups is 2. The molecule has 0 radical (unpaired) electrons. The molecule has 2 aromatic carbocycles. The van der Waals surface area contributed by atoms with Gasteiger partial charge in [-0.1, -0.05) is 44.9 Å². The van der Waals surface area contributed by atoms with Crippen LogP contribution in [-0.2, 0) is 13.1 Å². The second kappa shape index (κ2) is 15.5. The number of hydrogen-bond donors (Lipinski definition) is 2. The summed E-state index contributed by atoms with van der Waals surface area (Å²) in [6.07, 6.45) is 8.01. The Morgan fingerprint density at radius 1 is 0.723 bits per heavy atom. The molecule has 12 heteroatoms. The number of ether oxygens (including phenoxy) is 2. The maximum absolute atomic E-state index is 13.5. The summed E-state index contributed by atoms with van der Waals surface area (Å²) in [5, 5.41) is 21.9. The first-order valence-electron chi connectivity index (χ1n) is 15.2. The van der Waals surface area contributed by atoms with Crippen LogP contribution in [-0.4, -0.2) is 42.7 Å². The van der Waals surface area contributed by atoms with Crippen LogP contribution < -0.4 is 32.0 Å². The van der Waals surface area contributed by atoms with Gasteiger partial charge in [0.2, 0.25) is 11.8 Å². The van der Waals surface area contributed by atoms with E-state index in [0.717, 1.165) is 31.1 Å². The molecule has 246 valence electrons. The van der Waals surface area contributed by atoms with E-state index in [9.17, 15) is 29.4 Å². The third-order valence-corrected chi connectivity index (χ3v) is 7.48. The molecule has 0 bridgehead atoms. The molecule has 0 saturated carbocycles. The number of unbranched alkanes of at least 4 members (excludes halogenated alkanes) is 2. The molecule has 12 nitrogen and oxygen atoms in total. The molecule has 47 heavy (non-hydrogen) atoms. The van der Waals surface area contributed by atoms with Crippen molar-refractivity contribution in [1.29, 1.82) is 0 Å². The SMILES string of the molecule is CCCCn1c(O)c(C=C=CC=Cc2c(O)n(CCCC)c(=O)n(-c3cccc(OC)c3)c2=O)c(=O)n(-c2cccc(OC)c2)c1=O. The van der Waals surface area contributed by atoms with Crippen LogP contribution in [0.25, 0.3) is 23.5 Å².